The van der Waals surface area contributed by atoms with Crippen molar-refractivity contribution in [1.29, 1.82) is 0 Å². The fourth-order valence-electron chi connectivity index (χ4n) is 2.39. The van der Waals surface area contributed by atoms with Gasteiger partial charge in [0.1, 0.15) is 28.5 Å². The van der Waals surface area contributed by atoms with Crippen molar-refractivity contribution in [2.45, 2.75) is 19.2 Å². The Labute approximate surface area is 152 Å². The molecule has 0 aromatic carbocycles. The molecule has 136 valence electrons. The quantitative estimate of drug-likeness (QED) is 0.655. The zero-order valence-corrected chi connectivity index (χ0v) is 14.5. The Balaban J connectivity index is 1.94. The minimum atomic E-state index is -2.75. The van der Waals surface area contributed by atoms with Gasteiger partial charge in [0, 0.05) is 18.5 Å². The van der Waals surface area contributed by atoms with Crippen molar-refractivity contribution in [3.8, 4) is 5.75 Å². The molecule has 6 nitrogen and oxygen atoms in total. The van der Waals surface area contributed by atoms with E-state index in [2.05, 4.69) is 15.3 Å². The van der Waals surface area contributed by atoms with E-state index in [0.29, 0.717) is 29.4 Å². The van der Waals surface area contributed by atoms with Gasteiger partial charge in [0.05, 0.1) is 18.2 Å². The normalized spacial score (nSPS) is 11.1. The minimum Gasteiger partial charge on any atom is -0.491 e. The third-order valence-corrected chi connectivity index (χ3v) is 3.79. The first-order chi connectivity index (χ1) is 12.5. The average Bonchev–Trinajstić information content (AvgIpc) is 3.04. The van der Waals surface area contributed by atoms with Crippen molar-refractivity contribution in [3.63, 3.8) is 0 Å². The Morgan fingerprint density at radius 1 is 1.35 bits per heavy atom. The molecule has 0 saturated carbocycles. The molecule has 1 N–H and O–H groups in total. The Morgan fingerprint density at radius 3 is 2.85 bits per heavy atom. The number of hydrogen-bond acceptors (Lipinski definition) is 4. The molecule has 9 heteroatoms. The van der Waals surface area contributed by atoms with Gasteiger partial charge in [-0.1, -0.05) is 6.07 Å². The fraction of sp³-hybridized carbons (Fsp3) is 0.235. The van der Waals surface area contributed by atoms with Crippen LogP contribution >= 0.6 is 11.6 Å². The van der Waals surface area contributed by atoms with Crippen LogP contribution < -0.4 is 10.1 Å². The van der Waals surface area contributed by atoms with Crippen molar-refractivity contribution in [2.75, 3.05) is 11.9 Å². The number of rotatable bonds is 6. The van der Waals surface area contributed by atoms with E-state index in [1.54, 1.807) is 29.8 Å². The van der Waals surface area contributed by atoms with Crippen LogP contribution in [-0.4, -0.2) is 26.9 Å². The summed E-state index contributed by atoms with van der Waals surface area (Å²) in [7, 11) is 0. The molecule has 0 fully saturated rings. The number of alkyl halides is 3. The van der Waals surface area contributed by atoms with E-state index in [1.807, 2.05) is 0 Å². The molecule has 0 spiro atoms. The molecule has 0 bridgehead atoms. The van der Waals surface area contributed by atoms with E-state index in [1.165, 1.54) is 12.1 Å². The number of imidazole rings is 1. The molecule has 0 atom stereocenters. The summed E-state index contributed by atoms with van der Waals surface area (Å²) in [5.41, 5.74) is 1.08. The topological polar surface area (TPSA) is 68.5 Å². The maximum absolute atomic E-state index is 12.8. The van der Waals surface area contributed by atoms with Crippen LogP contribution in [-0.2, 0) is 5.88 Å². The van der Waals surface area contributed by atoms with E-state index in [0.717, 1.165) is 6.07 Å². The smallest absolute Gasteiger partial charge is 0.280 e. The maximum Gasteiger partial charge on any atom is 0.280 e. The van der Waals surface area contributed by atoms with Gasteiger partial charge in [-0.25, -0.2) is 18.7 Å². The molecule has 0 radical (unpaired) electrons. The van der Waals surface area contributed by atoms with Crippen molar-refractivity contribution in [2.24, 2.45) is 0 Å². The number of nitrogens with one attached hydrogen (secondary N) is 1. The maximum atomic E-state index is 12.8. The van der Waals surface area contributed by atoms with Crippen LogP contribution in [0.5, 0.6) is 5.75 Å². The lowest BCUT2D eigenvalue weighted by Crippen LogP contribution is -2.16. The van der Waals surface area contributed by atoms with Gasteiger partial charge in [0.2, 0.25) is 0 Å². The molecule has 3 heterocycles. The van der Waals surface area contributed by atoms with Crippen LogP contribution in [0.15, 0.2) is 36.7 Å². The number of carbonyl (C=O) groups excluding carboxylic acids is 1. The van der Waals surface area contributed by atoms with Crippen molar-refractivity contribution in [3.05, 3.63) is 53.7 Å². The van der Waals surface area contributed by atoms with Gasteiger partial charge in [-0.2, -0.15) is 0 Å². The lowest BCUT2D eigenvalue weighted by molar-refractivity contribution is 0.101. The van der Waals surface area contributed by atoms with Crippen LogP contribution in [0.1, 0.15) is 35.2 Å². The lowest BCUT2D eigenvalue weighted by atomic mass is 10.2. The van der Waals surface area contributed by atoms with Gasteiger partial charge >= 0.3 is 0 Å². The second kappa shape index (κ2) is 7.65. The van der Waals surface area contributed by atoms with Crippen LogP contribution in [0.25, 0.3) is 5.65 Å². The number of pyridine rings is 2. The Kier molecular flexibility index (Phi) is 5.32. The summed E-state index contributed by atoms with van der Waals surface area (Å²) in [5, 5.41) is 2.64. The van der Waals surface area contributed by atoms with Gasteiger partial charge in [-0.15, -0.1) is 11.6 Å². The van der Waals surface area contributed by atoms with Crippen molar-refractivity contribution < 1.29 is 18.3 Å². The van der Waals surface area contributed by atoms with Crippen LogP contribution in [0.2, 0.25) is 0 Å². The van der Waals surface area contributed by atoms with Gasteiger partial charge in [0.25, 0.3) is 12.3 Å². The molecule has 3 rings (SSSR count). The number of hydrogen-bond donors (Lipinski definition) is 1. The highest BCUT2D eigenvalue weighted by Gasteiger charge is 2.16. The molecule has 0 aliphatic heterocycles. The number of amides is 1. The average molecular weight is 381 g/mol. The predicted octanol–water partition coefficient (Wildman–Crippen LogP) is 4.06. The number of anilines is 1. The van der Waals surface area contributed by atoms with Crippen LogP contribution in [0.3, 0.4) is 0 Å². The highest BCUT2D eigenvalue weighted by atomic mass is 35.5. The van der Waals surface area contributed by atoms with Gasteiger partial charge in [-0.3, -0.25) is 4.79 Å². The molecular formula is C17H15ClF2N4O2. The highest BCUT2D eigenvalue weighted by Crippen LogP contribution is 2.27. The number of carbonyl (C=O) groups is 1. The second-order valence-corrected chi connectivity index (χ2v) is 5.59. The number of aromatic nitrogens is 3. The monoisotopic (exact) mass is 380 g/mol. The molecule has 3 aromatic heterocycles. The Bertz CT molecular complexity index is 946. The summed E-state index contributed by atoms with van der Waals surface area (Å²) in [6.45, 7) is 2.18. The summed E-state index contributed by atoms with van der Waals surface area (Å²) in [4.78, 5) is 20.4. The van der Waals surface area contributed by atoms with Crippen molar-refractivity contribution in [1.82, 2.24) is 14.4 Å². The molecule has 0 aliphatic carbocycles. The Morgan fingerprint density at radius 2 is 2.15 bits per heavy atom. The first kappa shape index (κ1) is 18.1. The fourth-order valence-corrected chi connectivity index (χ4v) is 2.52. The van der Waals surface area contributed by atoms with E-state index in [9.17, 15) is 13.6 Å². The molecule has 0 unspecified atom stereocenters. The zero-order valence-electron chi connectivity index (χ0n) is 13.7. The van der Waals surface area contributed by atoms with E-state index < -0.39 is 18.0 Å². The first-order valence-electron chi connectivity index (χ1n) is 7.78. The third kappa shape index (κ3) is 3.75. The van der Waals surface area contributed by atoms with Gasteiger partial charge < -0.3 is 14.5 Å². The van der Waals surface area contributed by atoms with Gasteiger partial charge in [-0.05, 0) is 19.1 Å². The molecule has 3 aromatic rings. The molecule has 0 saturated heterocycles. The standard InChI is InChI=1S/C17H15ClF2N4O2/c1-2-26-14-6-15-21-10(7-18)8-24(15)9-13(14)23-17(25)12-5-3-4-11(22-12)16(19)20/h3-6,8-9,16H,2,7H2,1H3,(H,23,25). The summed E-state index contributed by atoms with van der Waals surface area (Å²) in [6, 6.07) is 5.55. The van der Waals surface area contributed by atoms with Crippen LogP contribution in [0.4, 0.5) is 14.5 Å². The van der Waals surface area contributed by atoms with E-state index in [4.69, 9.17) is 16.3 Å². The highest BCUT2D eigenvalue weighted by molar-refractivity contribution is 6.16. The first-order valence-corrected chi connectivity index (χ1v) is 8.32. The summed E-state index contributed by atoms with van der Waals surface area (Å²) < 4.78 is 32.8. The SMILES string of the molecule is CCOc1cc2nc(CCl)cn2cc1NC(=O)c1cccc(C(F)F)n1. The summed E-state index contributed by atoms with van der Waals surface area (Å²) in [6.07, 6.45) is 0.597. The molecular weight excluding hydrogens is 366 g/mol. The van der Waals surface area contributed by atoms with Crippen LogP contribution in [0, 0.1) is 0 Å². The molecule has 26 heavy (non-hydrogen) atoms. The third-order valence-electron chi connectivity index (χ3n) is 3.52. The largest absolute Gasteiger partial charge is 0.491 e. The number of ether oxygens (including phenoxy) is 1. The number of fused-ring (bicyclic) bond motifs is 1. The van der Waals surface area contributed by atoms with E-state index >= 15 is 0 Å². The zero-order chi connectivity index (χ0) is 18.7. The van der Waals surface area contributed by atoms with E-state index in [-0.39, 0.29) is 11.6 Å². The van der Waals surface area contributed by atoms with Crippen molar-refractivity contribution >= 4 is 28.8 Å². The molecule has 1 amide bonds. The minimum absolute atomic E-state index is 0.113. The molecule has 0 aliphatic rings. The summed E-state index contributed by atoms with van der Waals surface area (Å²) in [5.74, 6) is 0.0353. The predicted molar refractivity (Wildman–Crippen MR) is 93.1 cm³/mol. The van der Waals surface area contributed by atoms with Gasteiger partial charge in [0.15, 0.2) is 0 Å². The second-order valence-electron chi connectivity index (χ2n) is 5.32. The summed E-state index contributed by atoms with van der Waals surface area (Å²) >= 11 is 5.80. The number of nitrogens with zero attached hydrogens (tertiary/aromatic N) is 3. The Hall–Kier alpha value is -2.74. The lowest BCUT2D eigenvalue weighted by Gasteiger charge is -2.12. The number of halogens is 3.